The standard InChI is InChI=1S/C20H24N6O.HI/c1-21-20(23-14-18-9-5-10-19(25-18)27-2)22-13-16-7-3-4-8-17(16)15-26-12-6-11-24-26;/h3-12H,13-15H2,1-2H3,(H2,21,22,23);1H. The summed E-state index contributed by atoms with van der Waals surface area (Å²) in [7, 11) is 3.37. The van der Waals surface area contributed by atoms with Crippen molar-refractivity contribution in [1.29, 1.82) is 0 Å². The fourth-order valence-corrected chi connectivity index (χ4v) is 2.70. The lowest BCUT2D eigenvalue weighted by Gasteiger charge is -2.14. The molecule has 1 aromatic carbocycles. The van der Waals surface area contributed by atoms with Crippen LogP contribution in [-0.4, -0.2) is 34.9 Å². The van der Waals surface area contributed by atoms with Crippen LogP contribution in [0.5, 0.6) is 5.88 Å². The van der Waals surface area contributed by atoms with Crippen molar-refractivity contribution >= 4 is 29.9 Å². The largest absolute Gasteiger partial charge is 0.481 e. The van der Waals surface area contributed by atoms with Gasteiger partial charge in [0, 0.05) is 32.1 Å². The van der Waals surface area contributed by atoms with Crippen LogP contribution in [0.3, 0.4) is 0 Å². The van der Waals surface area contributed by atoms with Gasteiger partial charge in [0.1, 0.15) is 0 Å². The van der Waals surface area contributed by atoms with E-state index in [0.29, 0.717) is 24.9 Å². The first-order valence-corrected chi connectivity index (χ1v) is 8.77. The molecule has 0 saturated carbocycles. The topological polar surface area (TPSA) is 76.4 Å². The zero-order valence-electron chi connectivity index (χ0n) is 16.0. The average molecular weight is 492 g/mol. The molecule has 8 heteroatoms. The van der Waals surface area contributed by atoms with Crippen LogP contribution in [0.4, 0.5) is 0 Å². The Morgan fingerprint density at radius 2 is 1.82 bits per heavy atom. The lowest BCUT2D eigenvalue weighted by molar-refractivity contribution is 0.396. The Morgan fingerprint density at radius 1 is 1.04 bits per heavy atom. The number of methoxy groups -OCH3 is 1. The van der Waals surface area contributed by atoms with E-state index in [1.807, 2.05) is 47.3 Å². The van der Waals surface area contributed by atoms with Gasteiger partial charge in [-0.3, -0.25) is 9.67 Å². The van der Waals surface area contributed by atoms with E-state index in [1.165, 1.54) is 11.1 Å². The second-order valence-corrected chi connectivity index (χ2v) is 5.92. The van der Waals surface area contributed by atoms with Crippen molar-refractivity contribution < 1.29 is 4.74 Å². The highest BCUT2D eigenvalue weighted by atomic mass is 127. The van der Waals surface area contributed by atoms with Crippen molar-refractivity contribution in [1.82, 2.24) is 25.4 Å². The molecule has 7 nitrogen and oxygen atoms in total. The fraction of sp³-hybridized carbons (Fsp3) is 0.250. The van der Waals surface area contributed by atoms with Crippen molar-refractivity contribution in [3.05, 3.63) is 77.7 Å². The molecule has 148 valence electrons. The van der Waals surface area contributed by atoms with Crippen molar-refractivity contribution in [3.8, 4) is 5.88 Å². The third kappa shape index (κ3) is 6.22. The Labute approximate surface area is 182 Å². The number of guanidine groups is 1. The smallest absolute Gasteiger partial charge is 0.213 e. The van der Waals surface area contributed by atoms with Crippen LogP contribution in [0, 0.1) is 0 Å². The van der Waals surface area contributed by atoms with Gasteiger partial charge in [0.05, 0.1) is 25.9 Å². The molecule has 0 aliphatic carbocycles. The SMILES string of the molecule is CN=C(NCc1cccc(OC)n1)NCc1ccccc1Cn1cccn1.I. The average Bonchev–Trinajstić information content (AvgIpc) is 3.22. The Morgan fingerprint density at radius 3 is 2.54 bits per heavy atom. The molecule has 0 bridgehead atoms. The van der Waals surface area contributed by atoms with Gasteiger partial charge in [0.2, 0.25) is 5.88 Å². The van der Waals surface area contributed by atoms with E-state index in [4.69, 9.17) is 4.74 Å². The maximum Gasteiger partial charge on any atom is 0.213 e. The van der Waals surface area contributed by atoms with E-state index in [1.54, 1.807) is 20.4 Å². The van der Waals surface area contributed by atoms with Crippen molar-refractivity contribution in [2.75, 3.05) is 14.2 Å². The van der Waals surface area contributed by atoms with Crippen LogP contribution in [0.15, 0.2) is 65.9 Å². The van der Waals surface area contributed by atoms with Gasteiger partial charge >= 0.3 is 0 Å². The van der Waals surface area contributed by atoms with Crippen LogP contribution in [0.1, 0.15) is 16.8 Å². The molecule has 2 N–H and O–H groups in total. The second-order valence-electron chi connectivity index (χ2n) is 5.92. The van der Waals surface area contributed by atoms with Gasteiger partial charge < -0.3 is 15.4 Å². The zero-order valence-corrected chi connectivity index (χ0v) is 18.3. The number of aliphatic imine (C=N–C) groups is 1. The first kappa shape index (κ1) is 21.7. The number of rotatable bonds is 7. The zero-order chi connectivity index (χ0) is 18.9. The maximum absolute atomic E-state index is 5.16. The third-order valence-corrected chi connectivity index (χ3v) is 4.11. The van der Waals surface area contributed by atoms with E-state index in [2.05, 4.69) is 37.8 Å². The molecule has 0 amide bonds. The van der Waals surface area contributed by atoms with Gasteiger partial charge in [-0.05, 0) is 23.3 Å². The van der Waals surface area contributed by atoms with E-state index in [0.717, 1.165) is 12.2 Å². The molecular formula is C20H25IN6O. The van der Waals surface area contributed by atoms with Crippen LogP contribution < -0.4 is 15.4 Å². The first-order valence-electron chi connectivity index (χ1n) is 8.77. The van der Waals surface area contributed by atoms with Crippen molar-refractivity contribution in [2.24, 2.45) is 4.99 Å². The molecule has 3 aromatic rings. The number of pyridine rings is 1. The highest BCUT2D eigenvalue weighted by molar-refractivity contribution is 14.0. The van der Waals surface area contributed by atoms with Crippen molar-refractivity contribution in [3.63, 3.8) is 0 Å². The summed E-state index contributed by atoms with van der Waals surface area (Å²) in [6, 6.07) is 15.9. The fourth-order valence-electron chi connectivity index (χ4n) is 2.70. The minimum atomic E-state index is 0. The molecule has 0 aliphatic heterocycles. The van der Waals surface area contributed by atoms with Gasteiger partial charge in [-0.1, -0.05) is 30.3 Å². The maximum atomic E-state index is 5.16. The predicted octanol–water partition coefficient (Wildman–Crippen LogP) is 2.82. The minimum absolute atomic E-state index is 0. The van der Waals surface area contributed by atoms with Gasteiger partial charge in [0.15, 0.2) is 5.96 Å². The minimum Gasteiger partial charge on any atom is -0.481 e. The monoisotopic (exact) mass is 492 g/mol. The van der Waals surface area contributed by atoms with Gasteiger partial charge in [-0.2, -0.15) is 5.10 Å². The number of aromatic nitrogens is 3. The number of ether oxygens (including phenoxy) is 1. The Hall–Kier alpha value is -2.62. The molecule has 0 aliphatic rings. The number of hydrogen-bond donors (Lipinski definition) is 2. The molecule has 0 radical (unpaired) electrons. The van der Waals surface area contributed by atoms with Gasteiger partial charge in [-0.25, -0.2) is 4.98 Å². The molecule has 0 unspecified atom stereocenters. The van der Waals surface area contributed by atoms with Crippen LogP contribution >= 0.6 is 24.0 Å². The lowest BCUT2D eigenvalue weighted by Crippen LogP contribution is -2.36. The highest BCUT2D eigenvalue weighted by Gasteiger charge is 2.05. The number of halogens is 1. The summed E-state index contributed by atoms with van der Waals surface area (Å²) in [5, 5.41) is 10.9. The van der Waals surface area contributed by atoms with E-state index < -0.39 is 0 Å². The number of nitrogens with one attached hydrogen (secondary N) is 2. The molecular weight excluding hydrogens is 467 g/mol. The molecule has 0 atom stereocenters. The quantitative estimate of drug-likeness (QED) is 0.302. The lowest BCUT2D eigenvalue weighted by atomic mass is 10.1. The molecule has 0 spiro atoms. The molecule has 28 heavy (non-hydrogen) atoms. The Balaban J connectivity index is 0.00000280. The Kier molecular flexibility index (Phi) is 8.73. The highest BCUT2D eigenvalue weighted by Crippen LogP contribution is 2.10. The predicted molar refractivity (Wildman–Crippen MR) is 121 cm³/mol. The second kappa shape index (κ2) is 11.3. The van der Waals surface area contributed by atoms with Crippen LogP contribution in [-0.2, 0) is 19.6 Å². The summed E-state index contributed by atoms with van der Waals surface area (Å²) in [6.45, 7) is 1.97. The van der Waals surface area contributed by atoms with Crippen molar-refractivity contribution in [2.45, 2.75) is 19.6 Å². The first-order chi connectivity index (χ1) is 13.3. The summed E-state index contributed by atoms with van der Waals surface area (Å²) < 4.78 is 7.07. The van der Waals surface area contributed by atoms with Gasteiger partial charge in [0.25, 0.3) is 0 Å². The van der Waals surface area contributed by atoms with E-state index >= 15 is 0 Å². The number of nitrogens with zero attached hydrogens (tertiary/aromatic N) is 4. The third-order valence-electron chi connectivity index (χ3n) is 4.11. The number of hydrogen-bond acceptors (Lipinski definition) is 4. The summed E-state index contributed by atoms with van der Waals surface area (Å²) in [5.41, 5.74) is 3.31. The molecule has 0 saturated heterocycles. The normalized spacial score (nSPS) is 10.9. The number of benzene rings is 1. The van der Waals surface area contributed by atoms with Gasteiger partial charge in [-0.15, -0.1) is 24.0 Å². The van der Waals surface area contributed by atoms with E-state index in [9.17, 15) is 0 Å². The van der Waals surface area contributed by atoms with E-state index in [-0.39, 0.29) is 24.0 Å². The Bertz CT molecular complexity index is 882. The summed E-state index contributed by atoms with van der Waals surface area (Å²) >= 11 is 0. The molecule has 2 heterocycles. The summed E-state index contributed by atoms with van der Waals surface area (Å²) in [6.07, 6.45) is 3.76. The molecule has 2 aromatic heterocycles. The molecule has 0 fully saturated rings. The summed E-state index contributed by atoms with van der Waals surface area (Å²) in [5.74, 6) is 1.32. The van der Waals surface area contributed by atoms with Crippen LogP contribution in [0.25, 0.3) is 0 Å². The summed E-state index contributed by atoms with van der Waals surface area (Å²) in [4.78, 5) is 8.68. The van der Waals surface area contributed by atoms with Crippen LogP contribution in [0.2, 0.25) is 0 Å². The molecule has 3 rings (SSSR count).